The lowest BCUT2D eigenvalue weighted by atomic mass is 9.90. The summed E-state index contributed by atoms with van der Waals surface area (Å²) in [5.41, 5.74) is 3.68. The van der Waals surface area contributed by atoms with Gasteiger partial charge in [0.15, 0.2) is 5.16 Å². The van der Waals surface area contributed by atoms with Crippen LogP contribution in [0.2, 0.25) is 0 Å². The van der Waals surface area contributed by atoms with Crippen LogP contribution in [0.4, 0.5) is 0 Å². The molecule has 1 fully saturated rings. The number of carbonyl (C=O) groups is 1. The van der Waals surface area contributed by atoms with Gasteiger partial charge in [-0.15, -0.1) is 10.2 Å². The smallest absolute Gasteiger partial charge is 0.222 e. The summed E-state index contributed by atoms with van der Waals surface area (Å²) >= 11 is 1.68. The zero-order valence-electron chi connectivity index (χ0n) is 21.2. The lowest BCUT2D eigenvalue weighted by Gasteiger charge is -2.32. The van der Waals surface area contributed by atoms with Crippen LogP contribution in [0.25, 0.3) is 5.69 Å². The number of amides is 1. The normalized spacial score (nSPS) is 14.1. The fourth-order valence-electron chi connectivity index (χ4n) is 5.00. The van der Waals surface area contributed by atoms with Gasteiger partial charge in [-0.05, 0) is 54.9 Å². The standard InChI is InChI=1S/C31H34N4OS/c36-30(34-20-18-27(19-21-34)23-25-11-4-1-5-12-25)17-10-22-37-31-33-32-29(24-26-13-6-2-7-14-26)35(31)28-15-8-3-9-16-28/h1-9,11-16,27H,10,17-24H2. The van der Waals surface area contributed by atoms with Gasteiger partial charge in [-0.1, -0.05) is 90.6 Å². The lowest BCUT2D eigenvalue weighted by molar-refractivity contribution is -0.132. The Kier molecular flexibility index (Phi) is 8.70. The van der Waals surface area contributed by atoms with E-state index in [9.17, 15) is 4.79 Å². The van der Waals surface area contributed by atoms with Gasteiger partial charge < -0.3 is 4.90 Å². The molecule has 190 valence electrons. The number of aromatic nitrogens is 3. The van der Waals surface area contributed by atoms with Crippen molar-refractivity contribution in [3.63, 3.8) is 0 Å². The van der Waals surface area contributed by atoms with Gasteiger partial charge >= 0.3 is 0 Å². The highest BCUT2D eigenvalue weighted by Crippen LogP contribution is 2.25. The topological polar surface area (TPSA) is 51.0 Å². The van der Waals surface area contributed by atoms with Gasteiger partial charge in [0, 0.05) is 37.4 Å². The largest absolute Gasteiger partial charge is 0.343 e. The molecule has 5 rings (SSSR count). The van der Waals surface area contributed by atoms with Crippen LogP contribution < -0.4 is 0 Å². The van der Waals surface area contributed by atoms with Gasteiger partial charge in [-0.2, -0.15) is 0 Å². The molecule has 0 spiro atoms. The molecule has 0 saturated carbocycles. The predicted molar refractivity (Wildman–Crippen MR) is 150 cm³/mol. The minimum Gasteiger partial charge on any atom is -0.343 e. The molecule has 1 aliphatic rings. The Balaban J connectivity index is 1.12. The maximum atomic E-state index is 12.9. The Labute approximate surface area is 223 Å². The number of benzene rings is 3. The van der Waals surface area contributed by atoms with Crippen LogP contribution in [0, 0.1) is 5.92 Å². The molecule has 0 bridgehead atoms. The van der Waals surface area contributed by atoms with E-state index in [0.717, 1.165) is 67.6 Å². The summed E-state index contributed by atoms with van der Waals surface area (Å²) in [5.74, 6) is 2.73. The van der Waals surface area contributed by atoms with Gasteiger partial charge in [-0.3, -0.25) is 9.36 Å². The zero-order chi connectivity index (χ0) is 25.3. The van der Waals surface area contributed by atoms with Crippen molar-refractivity contribution >= 4 is 17.7 Å². The van der Waals surface area contributed by atoms with Crippen molar-refractivity contribution in [3.05, 3.63) is 108 Å². The van der Waals surface area contributed by atoms with Crippen molar-refractivity contribution in [2.45, 2.75) is 43.7 Å². The third kappa shape index (κ3) is 6.89. The molecule has 2 heterocycles. The summed E-state index contributed by atoms with van der Waals surface area (Å²) in [6.45, 7) is 1.77. The summed E-state index contributed by atoms with van der Waals surface area (Å²) in [6.07, 6.45) is 5.46. The molecule has 1 amide bonds. The first-order valence-corrected chi connectivity index (χ1v) is 14.2. The summed E-state index contributed by atoms with van der Waals surface area (Å²) in [6, 6.07) is 31.4. The molecule has 0 aliphatic carbocycles. The average molecular weight is 511 g/mol. The number of rotatable bonds is 10. The number of likely N-dealkylation sites (tertiary alicyclic amines) is 1. The van der Waals surface area contributed by atoms with E-state index in [1.54, 1.807) is 11.8 Å². The summed E-state index contributed by atoms with van der Waals surface area (Å²) in [7, 11) is 0. The molecule has 0 unspecified atom stereocenters. The minimum absolute atomic E-state index is 0.285. The fraction of sp³-hybridized carbons (Fsp3) is 0.323. The van der Waals surface area contributed by atoms with E-state index in [-0.39, 0.29) is 5.91 Å². The first-order valence-electron chi connectivity index (χ1n) is 13.2. The highest BCUT2D eigenvalue weighted by molar-refractivity contribution is 7.99. The number of thioether (sulfide) groups is 1. The van der Waals surface area contributed by atoms with Crippen molar-refractivity contribution in [1.82, 2.24) is 19.7 Å². The van der Waals surface area contributed by atoms with Gasteiger partial charge in [0.1, 0.15) is 5.82 Å². The molecule has 5 nitrogen and oxygen atoms in total. The van der Waals surface area contributed by atoms with Crippen LogP contribution in [0.3, 0.4) is 0 Å². The van der Waals surface area contributed by atoms with Crippen LogP contribution in [0.5, 0.6) is 0 Å². The van der Waals surface area contributed by atoms with Gasteiger partial charge in [0.05, 0.1) is 0 Å². The Morgan fingerprint density at radius 3 is 2.11 bits per heavy atom. The van der Waals surface area contributed by atoms with Gasteiger partial charge in [-0.25, -0.2) is 0 Å². The molecule has 0 N–H and O–H groups in total. The molecule has 1 aromatic heterocycles. The third-order valence-electron chi connectivity index (χ3n) is 7.02. The second kappa shape index (κ2) is 12.7. The van der Waals surface area contributed by atoms with E-state index in [1.165, 1.54) is 11.1 Å². The Morgan fingerprint density at radius 2 is 1.43 bits per heavy atom. The summed E-state index contributed by atoms with van der Waals surface area (Å²) in [4.78, 5) is 14.9. The van der Waals surface area contributed by atoms with Crippen LogP contribution in [0.15, 0.2) is 96.2 Å². The quantitative estimate of drug-likeness (QED) is 0.188. The number of hydrogen-bond acceptors (Lipinski definition) is 4. The highest BCUT2D eigenvalue weighted by Gasteiger charge is 2.23. The third-order valence-corrected chi connectivity index (χ3v) is 8.04. The fourth-order valence-corrected chi connectivity index (χ4v) is 5.91. The molecule has 1 saturated heterocycles. The SMILES string of the molecule is O=C(CCCSc1nnc(Cc2ccccc2)n1-c1ccccc1)N1CCC(Cc2ccccc2)CC1. The molecular weight excluding hydrogens is 476 g/mol. The van der Waals surface area contributed by atoms with E-state index in [0.29, 0.717) is 12.3 Å². The predicted octanol–water partition coefficient (Wildman–Crippen LogP) is 6.21. The first kappa shape index (κ1) is 25.3. The Hall–Kier alpha value is -3.38. The first-order chi connectivity index (χ1) is 18.3. The Morgan fingerprint density at radius 1 is 0.811 bits per heavy atom. The Bertz CT molecular complexity index is 1250. The van der Waals surface area contributed by atoms with E-state index in [4.69, 9.17) is 0 Å². The molecular formula is C31H34N4OS. The number of piperidine rings is 1. The van der Waals surface area contributed by atoms with E-state index >= 15 is 0 Å². The minimum atomic E-state index is 0.285. The van der Waals surface area contributed by atoms with Crippen LogP contribution in [-0.4, -0.2) is 44.4 Å². The zero-order valence-corrected chi connectivity index (χ0v) is 22.0. The number of hydrogen-bond donors (Lipinski definition) is 0. The van der Waals surface area contributed by atoms with Crippen molar-refractivity contribution < 1.29 is 4.79 Å². The molecule has 1 aliphatic heterocycles. The van der Waals surface area contributed by atoms with Crippen molar-refractivity contribution in [2.24, 2.45) is 5.92 Å². The number of nitrogens with zero attached hydrogens (tertiary/aromatic N) is 4. The van der Waals surface area contributed by atoms with Crippen molar-refractivity contribution in [3.8, 4) is 5.69 Å². The average Bonchev–Trinajstić information content (AvgIpc) is 3.35. The highest BCUT2D eigenvalue weighted by atomic mass is 32.2. The molecule has 0 radical (unpaired) electrons. The second-order valence-corrected chi connectivity index (χ2v) is 10.8. The molecule has 0 atom stereocenters. The molecule has 37 heavy (non-hydrogen) atoms. The van der Waals surface area contributed by atoms with Gasteiger partial charge in [0.2, 0.25) is 5.91 Å². The summed E-state index contributed by atoms with van der Waals surface area (Å²) in [5, 5.41) is 9.93. The number of para-hydroxylation sites is 1. The monoisotopic (exact) mass is 510 g/mol. The van der Waals surface area contributed by atoms with E-state index in [2.05, 4.69) is 86.4 Å². The molecule has 4 aromatic rings. The van der Waals surface area contributed by atoms with E-state index in [1.807, 2.05) is 24.3 Å². The molecule has 3 aromatic carbocycles. The summed E-state index contributed by atoms with van der Waals surface area (Å²) < 4.78 is 2.15. The van der Waals surface area contributed by atoms with Crippen molar-refractivity contribution in [1.29, 1.82) is 0 Å². The maximum absolute atomic E-state index is 12.9. The van der Waals surface area contributed by atoms with Crippen LogP contribution >= 0.6 is 11.8 Å². The second-order valence-electron chi connectivity index (χ2n) is 9.70. The lowest BCUT2D eigenvalue weighted by Crippen LogP contribution is -2.38. The number of carbonyl (C=O) groups excluding carboxylic acids is 1. The maximum Gasteiger partial charge on any atom is 0.222 e. The molecule has 6 heteroatoms. The van der Waals surface area contributed by atoms with Crippen LogP contribution in [0.1, 0.15) is 42.6 Å². The van der Waals surface area contributed by atoms with Crippen LogP contribution in [-0.2, 0) is 17.6 Å². The van der Waals surface area contributed by atoms with Gasteiger partial charge in [0.25, 0.3) is 0 Å². The van der Waals surface area contributed by atoms with E-state index < -0.39 is 0 Å². The van der Waals surface area contributed by atoms with Crippen molar-refractivity contribution in [2.75, 3.05) is 18.8 Å².